The maximum atomic E-state index is 13.0. The van der Waals surface area contributed by atoms with Gasteiger partial charge in [-0.1, -0.05) is 26.0 Å². The van der Waals surface area contributed by atoms with Crippen LogP contribution in [0.5, 0.6) is 0 Å². The quantitative estimate of drug-likeness (QED) is 0.659. The van der Waals surface area contributed by atoms with Gasteiger partial charge in [-0.2, -0.15) is 5.26 Å². The molecule has 0 radical (unpaired) electrons. The standard InChI is InChI=1S/C25H27N3O2/c1-3-9-27(10-4-2)21-11-19-13-22-23(14-20(19)12-21)25(30)28(24(22)29)16-18-7-5-17(15-26)6-8-18/h5-8,13-14,21H,3-4,9-12,16H2,1-2H3. The third-order valence-corrected chi connectivity index (χ3v) is 6.16. The van der Waals surface area contributed by atoms with Gasteiger partial charge in [0.25, 0.3) is 11.8 Å². The summed E-state index contributed by atoms with van der Waals surface area (Å²) in [6.07, 6.45) is 4.15. The van der Waals surface area contributed by atoms with Gasteiger partial charge in [0.1, 0.15) is 0 Å². The van der Waals surface area contributed by atoms with Gasteiger partial charge < -0.3 is 0 Å². The molecule has 0 saturated heterocycles. The van der Waals surface area contributed by atoms with Crippen molar-refractivity contribution in [2.24, 2.45) is 0 Å². The lowest BCUT2D eigenvalue weighted by Gasteiger charge is -2.27. The first kappa shape index (κ1) is 20.3. The predicted molar refractivity (Wildman–Crippen MR) is 115 cm³/mol. The summed E-state index contributed by atoms with van der Waals surface area (Å²) in [5, 5.41) is 8.94. The first-order valence-electron chi connectivity index (χ1n) is 10.8. The molecule has 1 aliphatic carbocycles. The monoisotopic (exact) mass is 401 g/mol. The van der Waals surface area contributed by atoms with Crippen molar-refractivity contribution in [1.82, 2.24) is 9.80 Å². The number of imide groups is 1. The van der Waals surface area contributed by atoms with Gasteiger partial charge in [0.05, 0.1) is 29.3 Å². The maximum absolute atomic E-state index is 13.0. The van der Waals surface area contributed by atoms with E-state index in [9.17, 15) is 9.59 Å². The van der Waals surface area contributed by atoms with E-state index in [2.05, 4.69) is 24.8 Å². The molecular formula is C25H27N3O2. The molecule has 0 saturated carbocycles. The average molecular weight is 402 g/mol. The number of nitriles is 1. The topological polar surface area (TPSA) is 64.4 Å². The predicted octanol–water partition coefficient (Wildman–Crippen LogP) is 3.94. The first-order valence-corrected chi connectivity index (χ1v) is 10.8. The second-order valence-corrected chi connectivity index (χ2v) is 8.27. The molecule has 2 aromatic rings. The highest BCUT2D eigenvalue weighted by Crippen LogP contribution is 2.33. The number of rotatable bonds is 7. The molecule has 30 heavy (non-hydrogen) atoms. The zero-order valence-corrected chi connectivity index (χ0v) is 17.6. The highest BCUT2D eigenvalue weighted by atomic mass is 16.2. The van der Waals surface area contributed by atoms with Gasteiger partial charge in [0.2, 0.25) is 0 Å². The Bertz CT molecular complexity index is 969. The van der Waals surface area contributed by atoms with Crippen LogP contribution in [0.1, 0.15) is 69.7 Å². The van der Waals surface area contributed by atoms with Gasteiger partial charge in [-0.05, 0) is 79.7 Å². The lowest BCUT2D eigenvalue weighted by atomic mass is 10.0. The van der Waals surface area contributed by atoms with E-state index < -0.39 is 0 Å². The Morgan fingerprint density at radius 3 is 1.97 bits per heavy atom. The van der Waals surface area contributed by atoms with Crippen LogP contribution in [-0.4, -0.2) is 40.7 Å². The molecule has 0 bridgehead atoms. The number of carbonyl (C=O) groups is 2. The molecular weight excluding hydrogens is 374 g/mol. The molecule has 4 rings (SSSR count). The molecule has 0 aromatic heterocycles. The second-order valence-electron chi connectivity index (χ2n) is 8.27. The van der Waals surface area contributed by atoms with Crippen LogP contribution in [0.25, 0.3) is 0 Å². The third kappa shape index (κ3) is 3.64. The van der Waals surface area contributed by atoms with Gasteiger partial charge >= 0.3 is 0 Å². The normalized spacial score (nSPS) is 15.6. The van der Waals surface area contributed by atoms with E-state index in [4.69, 9.17) is 5.26 Å². The van der Waals surface area contributed by atoms with Crippen molar-refractivity contribution in [1.29, 1.82) is 5.26 Å². The Balaban J connectivity index is 1.54. The van der Waals surface area contributed by atoms with Crippen LogP contribution in [0.2, 0.25) is 0 Å². The van der Waals surface area contributed by atoms with E-state index in [1.165, 1.54) is 16.0 Å². The van der Waals surface area contributed by atoms with E-state index in [0.29, 0.717) is 22.7 Å². The fourth-order valence-electron chi connectivity index (χ4n) is 4.71. The highest BCUT2D eigenvalue weighted by Gasteiger charge is 2.38. The number of nitrogens with zero attached hydrogens (tertiary/aromatic N) is 3. The minimum Gasteiger partial charge on any atom is -0.300 e. The smallest absolute Gasteiger partial charge is 0.261 e. The van der Waals surface area contributed by atoms with Gasteiger partial charge in [-0.15, -0.1) is 0 Å². The first-order chi connectivity index (χ1) is 14.5. The van der Waals surface area contributed by atoms with Crippen LogP contribution in [0.15, 0.2) is 36.4 Å². The zero-order valence-electron chi connectivity index (χ0n) is 17.6. The summed E-state index contributed by atoms with van der Waals surface area (Å²) in [5.41, 5.74) is 4.88. The summed E-state index contributed by atoms with van der Waals surface area (Å²) in [6.45, 7) is 6.81. The van der Waals surface area contributed by atoms with Crippen LogP contribution < -0.4 is 0 Å². The average Bonchev–Trinajstić information content (AvgIpc) is 3.27. The Labute approximate surface area is 177 Å². The molecule has 0 spiro atoms. The second kappa shape index (κ2) is 8.41. The van der Waals surface area contributed by atoms with E-state index >= 15 is 0 Å². The van der Waals surface area contributed by atoms with E-state index in [1.54, 1.807) is 24.3 Å². The lowest BCUT2D eigenvalue weighted by molar-refractivity contribution is 0.0642. The van der Waals surface area contributed by atoms with E-state index in [1.807, 2.05) is 12.1 Å². The van der Waals surface area contributed by atoms with Crippen LogP contribution in [0.4, 0.5) is 0 Å². The molecule has 5 nitrogen and oxygen atoms in total. The van der Waals surface area contributed by atoms with Gasteiger partial charge in [-0.25, -0.2) is 0 Å². The Morgan fingerprint density at radius 2 is 1.50 bits per heavy atom. The van der Waals surface area contributed by atoms with Crippen molar-refractivity contribution in [2.75, 3.05) is 13.1 Å². The number of carbonyl (C=O) groups excluding carboxylic acids is 2. The zero-order chi connectivity index (χ0) is 21.3. The van der Waals surface area contributed by atoms with Crippen LogP contribution in [-0.2, 0) is 19.4 Å². The summed E-state index contributed by atoms with van der Waals surface area (Å²) in [4.78, 5) is 29.9. The summed E-state index contributed by atoms with van der Waals surface area (Å²) in [6, 6.07) is 13.5. The van der Waals surface area contributed by atoms with Crippen LogP contribution >= 0.6 is 0 Å². The van der Waals surface area contributed by atoms with Crippen molar-refractivity contribution < 1.29 is 9.59 Å². The van der Waals surface area contributed by atoms with Crippen LogP contribution in [0, 0.1) is 11.3 Å². The Morgan fingerprint density at radius 1 is 0.967 bits per heavy atom. The van der Waals surface area contributed by atoms with Crippen molar-refractivity contribution in [3.05, 3.63) is 69.8 Å². The Kier molecular flexibility index (Phi) is 5.69. The molecule has 1 heterocycles. The van der Waals surface area contributed by atoms with Gasteiger partial charge in [0.15, 0.2) is 0 Å². The minimum absolute atomic E-state index is 0.218. The van der Waals surface area contributed by atoms with Crippen molar-refractivity contribution in [3.8, 4) is 6.07 Å². The summed E-state index contributed by atoms with van der Waals surface area (Å²) in [5.74, 6) is -0.436. The van der Waals surface area contributed by atoms with E-state index in [0.717, 1.165) is 44.3 Å². The minimum atomic E-state index is -0.218. The fraction of sp³-hybridized carbons (Fsp3) is 0.400. The number of fused-ring (bicyclic) bond motifs is 2. The molecule has 2 amide bonds. The largest absolute Gasteiger partial charge is 0.300 e. The van der Waals surface area contributed by atoms with Gasteiger partial charge in [-0.3, -0.25) is 19.4 Å². The molecule has 0 atom stereocenters. The SMILES string of the molecule is CCCN(CCC)C1Cc2cc3c(cc2C1)C(=O)N(Cc1ccc(C#N)cc1)C3=O. The molecule has 0 unspecified atom stereocenters. The van der Waals surface area contributed by atoms with Crippen LogP contribution in [0.3, 0.4) is 0 Å². The van der Waals surface area contributed by atoms with Crippen molar-refractivity contribution in [2.45, 2.75) is 52.1 Å². The number of hydrogen-bond acceptors (Lipinski definition) is 4. The molecule has 0 fully saturated rings. The maximum Gasteiger partial charge on any atom is 0.261 e. The fourth-order valence-corrected chi connectivity index (χ4v) is 4.71. The number of benzene rings is 2. The summed E-state index contributed by atoms with van der Waals surface area (Å²) < 4.78 is 0. The molecule has 5 heteroatoms. The summed E-state index contributed by atoms with van der Waals surface area (Å²) >= 11 is 0. The van der Waals surface area contributed by atoms with Crippen molar-refractivity contribution in [3.63, 3.8) is 0 Å². The van der Waals surface area contributed by atoms with E-state index in [-0.39, 0.29) is 18.4 Å². The Hall–Kier alpha value is -2.97. The summed E-state index contributed by atoms with van der Waals surface area (Å²) in [7, 11) is 0. The molecule has 1 aliphatic heterocycles. The molecule has 154 valence electrons. The number of amides is 2. The third-order valence-electron chi connectivity index (χ3n) is 6.16. The lowest BCUT2D eigenvalue weighted by Crippen LogP contribution is -2.37. The molecule has 2 aliphatic rings. The van der Waals surface area contributed by atoms with Gasteiger partial charge in [0, 0.05) is 6.04 Å². The van der Waals surface area contributed by atoms with Crippen molar-refractivity contribution >= 4 is 11.8 Å². The highest BCUT2D eigenvalue weighted by molar-refractivity contribution is 6.21. The number of hydrogen-bond donors (Lipinski definition) is 0. The molecule has 0 N–H and O–H groups in total. The molecule has 2 aromatic carbocycles.